The monoisotopic (exact) mass is 304 g/mol. The fourth-order valence-corrected chi connectivity index (χ4v) is 3.17. The van der Waals surface area contributed by atoms with E-state index in [-0.39, 0.29) is 0 Å². The molecule has 0 fully saturated rings. The minimum Gasteiger partial charge on any atom is -0.310 e. The summed E-state index contributed by atoms with van der Waals surface area (Å²) < 4.78 is 2.28. The molecule has 23 heavy (non-hydrogen) atoms. The van der Waals surface area contributed by atoms with E-state index >= 15 is 0 Å². The summed E-state index contributed by atoms with van der Waals surface area (Å²) >= 11 is 0. The third-order valence-electron chi connectivity index (χ3n) is 4.40. The van der Waals surface area contributed by atoms with Gasteiger partial charge in [-0.25, -0.2) is 0 Å². The Morgan fingerprint density at radius 3 is 2.30 bits per heavy atom. The van der Waals surface area contributed by atoms with Gasteiger partial charge in [0.05, 0.1) is 0 Å². The van der Waals surface area contributed by atoms with E-state index in [1.807, 2.05) is 6.07 Å². The average molecular weight is 304 g/mol. The molecule has 0 saturated carbocycles. The molecule has 0 bridgehead atoms. The lowest BCUT2D eigenvalue weighted by atomic mass is 10.2. The molecule has 2 aromatic carbocycles. The van der Waals surface area contributed by atoms with Gasteiger partial charge in [-0.05, 0) is 5.56 Å². The van der Waals surface area contributed by atoms with E-state index in [0.717, 1.165) is 49.8 Å². The lowest BCUT2D eigenvalue weighted by molar-refractivity contribution is 0.271. The molecule has 0 saturated heterocycles. The molecule has 0 radical (unpaired) electrons. The molecule has 3 aromatic rings. The summed E-state index contributed by atoms with van der Waals surface area (Å²) in [4.78, 5) is 2.50. The predicted molar refractivity (Wildman–Crippen MR) is 90.9 cm³/mol. The minimum atomic E-state index is 0.944. The van der Waals surface area contributed by atoms with E-state index in [0.29, 0.717) is 0 Å². The first-order valence-corrected chi connectivity index (χ1v) is 8.14. The van der Waals surface area contributed by atoms with Crippen LogP contribution in [0.2, 0.25) is 0 Å². The molecule has 4 heteroatoms. The van der Waals surface area contributed by atoms with Gasteiger partial charge in [0.25, 0.3) is 0 Å². The number of hydrogen-bond donors (Lipinski definition) is 0. The SMILES string of the molecule is c1ccc(CN2CCc3nnc(-c4ccccc4)n3CC2)cc1. The molecule has 0 aliphatic carbocycles. The summed E-state index contributed by atoms with van der Waals surface area (Å²) in [5.41, 5.74) is 2.51. The van der Waals surface area contributed by atoms with Gasteiger partial charge in [0.15, 0.2) is 5.82 Å². The molecule has 0 unspecified atom stereocenters. The molecule has 1 aliphatic heterocycles. The smallest absolute Gasteiger partial charge is 0.164 e. The van der Waals surface area contributed by atoms with Crippen molar-refractivity contribution in [1.82, 2.24) is 19.7 Å². The van der Waals surface area contributed by atoms with E-state index < -0.39 is 0 Å². The van der Waals surface area contributed by atoms with Crippen molar-refractivity contribution >= 4 is 0 Å². The first-order valence-electron chi connectivity index (χ1n) is 8.14. The number of aromatic nitrogens is 3. The van der Waals surface area contributed by atoms with Gasteiger partial charge < -0.3 is 4.57 Å². The highest BCUT2D eigenvalue weighted by Gasteiger charge is 2.19. The highest BCUT2D eigenvalue weighted by Crippen LogP contribution is 2.20. The summed E-state index contributed by atoms with van der Waals surface area (Å²) in [6.07, 6.45) is 0.951. The number of fused-ring (bicyclic) bond motifs is 1. The highest BCUT2D eigenvalue weighted by molar-refractivity contribution is 5.55. The van der Waals surface area contributed by atoms with Crippen molar-refractivity contribution in [2.75, 3.05) is 13.1 Å². The van der Waals surface area contributed by atoms with Crippen LogP contribution < -0.4 is 0 Å². The van der Waals surface area contributed by atoms with Gasteiger partial charge in [0.2, 0.25) is 0 Å². The third kappa shape index (κ3) is 3.03. The Kier molecular flexibility index (Phi) is 3.90. The Morgan fingerprint density at radius 1 is 0.783 bits per heavy atom. The second-order valence-electron chi connectivity index (χ2n) is 5.97. The zero-order valence-corrected chi connectivity index (χ0v) is 13.1. The molecule has 4 rings (SSSR count). The van der Waals surface area contributed by atoms with Crippen LogP contribution in [0, 0.1) is 0 Å². The molecule has 0 spiro atoms. The Morgan fingerprint density at radius 2 is 1.52 bits per heavy atom. The molecule has 0 atom stereocenters. The zero-order valence-electron chi connectivity index (χ0n) is 13.1. The molecule has 2 heterocycles. The maximum atomic E-state index is 4.42. The van der Waals surface area contributed by atoms with Crippen molar-refractivity contribution in [3.63, 3.8) is 0 Å². The second kappa shape index (κ2) is 6.34. The first-order chi connectivity index (χ1) is 11.4. The molecule has 0 amide bonds. The Balaban J connectivity index is 1.52. The summed E-state index contributed by atoms with van der Waals surface area (Å²) in [5, 5.41) is 8.83. The maximum absolute atomic E-state index is 4.42. The quantitative estimate of drug-likeness (QED) is 0.746. The number of benzene rings is 2. The van der Waals surface area contributed by atoms with Crippen LogP contribution in [0.4, 0.5) is 0 Å². The first kappa shape index (κ1) is 14.2. The van der Waals surface area contributed by atoms with Crippen molar-refractivity contribution in [2.24, 2.45) is 0 Å². The Bertz CT molecular complexity index is 765. The fourth-order valence-electron chi connectivity index (χ4n) is 3.17. The van der Waals surface area contributed by atoms with Crippen molar-refractivity contribution in [2.45, 2.75) is 19.5 Å². The molecule has 116 valence electrons. The number of nitrogens with zero attached hydrogens (tertiary/aromatic N) is 4. The van der Waals surface area contributed by atoms with Gasteiger partial charge in [-0.3, -0.25) is 4.90 Å². The van der Waals surface area contributed by atoms with Crippen molar-refractivity contribution < 1.29 is 0 Å². The Hall–Kier alpha value is -2.46. The minimum absolute atomic E-state index is 0.944. The van der Waals surface area contributed by atoms with Gasteiger partial charge in [-0.15, -0.1) is 10.2 Å². The van der Waals surface area contributed by atoms with Crippen molar-refractivity contribution in [3.05, 3.63) is 72.1 Å². The highest BCUT2D eigenvalue weighted by atomic mass is 15.3. The molecule has 1 aliphatic rings. The van der Waals surface area contributed by atoms with Crippen LogP contribution in [0.3, 0.4) is 0 Å². The lowest BCUT2D eigenvalue weighted by Gasteiger charge is -2.19. The summed E-state index contributed by atoms with van der Waals surface area (Å²) in [7, 11) is 0. The van der Waals surface area contributed by atoms with E-state index in [1.54, 1.807) is 0 Å². The largest absolute Gasteiger partial charge is 0.310 e. The molecular weight excluding hydrogens is 284 g/mol. The van der Waals surface area contributed by atoms with Gasteiger partial charge >= 0.3 is 0 Å². The van der Waals surface area contributed by atoms with E-state index in [9.17, 15) is 0 Å². The van der Waals surface area contributed by atoms with Crippen LogP contribution in [0.5, 0.6) is 0 Å². The van der Waals surface area contributed by atoms with E-state index in [1.165, 1.54) is 5.56 Å². The second-order valence-corrected chi connectivity index (χ2v) is 5.97. The average Bonchev–Trinajstić information content (AvgIpc) is 2.92. The summed E-state index contributed by atoms with van der Waals surface area (Å²) in [6.45, 7) is 4.00. The third-order valence-corrected chi connectivity index (χ3v) is 4.40. The normalized spacial score (nSPS) is 15.1. The van der Waals surface area contributed by atoms with Gasteiger partial charge in [0.1, 0.15) is 5.82 Å². The zero-order chi connectivity index (χ0) is 15.5. The van der Waals surface area contributed by atoms with Crippen LogP contribution in [-0.2, 0) is 19.5 Å². The topological polar surface area (TPSA) is 34.0 Å². The maximum Gasteiger partial charge on any atom is 0.164 e. The van der Waals surface area contributed by atoms with Gasteiger partial charge in [0, 0.05) is 38.2 Å². The van der Waals surface area contributed by atoms with E-state index in [2.05, 4.69) is 74.3 Å². The van der Waals surface area contributed by atoms with Gasteiger partial charge in [-0.1, -0.05) is 60.7 Å². The van der Waals surface area contributed by atoms with Crippen LogP contribution in [0.25, 0.3) is 11.4 Å². The lowest BCUT2D eigenvalue weighted by Crippen LogP contribution is -2.26. The predicted octanol–water partition coefficient (Wildman–Crippen LogP) is 3.00. The molecule has 0 N–H and O–H groups in total. The summed E-state index contributed by atoms with van der Waals surface area (Å²) in [6, 6.07) is 21.0. The number of hydrogen-bond acceptors (Lipinski definition) is 3. The molecule has 1 aromatic heterocycles. The molecular formula is C19H20N4. The standard InChI is InChI=1S/C19H20N4/c1-3-7-16(8-4-1)15-22-12-11-18-20-21-19(23(18)14-13-22)17-9-5-2-6-10-17/h1-10H,11-15H2. The van der Waals surface area contributed by atoms with Crippen LogP contribution in [0.1, 0.15) is 11.4 Å². The van der Waals surface area contributed by atoms with Crippen molar-refractivity contribution in [3.8, 4) is 11.4 Å². The van der Waals surface area contributed by atoms with Crippen LogP contribution >= 0.6 is 0 Å². The van der Waals surface area contributed by atoms with Crippen LogP contribution in [0.15, 0.2) is 60.7 Å². The Labute approximate surface area is 136 Å². The number of rotatable bonds is 3. The molecule has 4 nitrogen and oxygen atoms in total. The van der Waals surface area contributed by atoms with E-state index in [4.69, 9.17) is 0 Å². The van der Waals surface area contributed by atoms with Gasteiger partial charge in [-0.2, -0.15) is 0 Å². The van der Waals surface area contributed by atoms with Crippen LogP contribution in [-0.4, -0.2) is 32.8 Å². The summed E-state index contributed by atoms with van der Waals surface area (Å²) in [5.74, 6) is 2.08. The fraction of sp³-hybridized carbons (Fsp3) is 0.263. The van der Waals surface area contributed by atoms with Crippen molar-refractivity contribution in [1.29, 1.82) is 0 Å².